The second kappa shape index (κ2) is 6.39. The van der Waals surface area contributed by atoms with E-state index in [2.05, 4.69) is 16.9 Å². The largest absolute Gasteiger partial charge is 0.479 e. The number of carboxylic acid groups (broad SMARTS) is 1. The second-order valence-electron chi connectivity index (χ2n) is 3.51. The molecule has 18 heavy (non-hydrogen) atoms. The molecule has 0 aromatic carbocycles. The molecule has 0 aliphatic heterocycles. The number of hydrogen-bond acceptors (Lipinski definition) is 4. The van der Waals surface area contributed by atoms with Crippen LogP contribution >= 0.6 is 0 Å². The van der Waals surface area contributed by atoms with Crippen LogP contribution in [0.15, 0.2) is 31.1 Å². The molecule has 1 aromatic heterocycles. The van der Waals surface area contributed by atoms with E-state index in [4.69, 9.17) is 9.84 Å². The summed E-state index contributed by atoms with van der Waals surface area (Å²) in [6, 6.07) is 1.31. The van der Waals surface area contributed by atoms with Gasteiger partial charge >= 0.3 is 5.97 Å². The van der Waals surface area contributed by atoms with Crippen LogP contribution < -0.4 is 10.1 Å². The van der Waals surface area contributed by atoms with E-state index in [-0.39, 0.29) is 17.2 Å². The lowest BCUT2D eigenvalue weighted by Crippen LogP contribution is -2.36. The van der Waals surface area contributed by atoms with E-state index in [0.717, 1.165) is 0 Å². The normalized spacial score (nSPS) is 11.4. The molecule has 96 valence electrons. The first-order valence-corrected chi connectivity index (χ1v) is 5.28. The molecular weight excluding hydrogens is 236 g/mol. The number of carbonyl (C=O) groups is 2. The van der Waals surface area contributed by atoms with E-state index in [1.54, 1.807) is 13.0 Å². The van der Waals surface area contributed by atoms with Gasteiger partial charge in [-0.3, -0.25) is 9.78 Å². The molecular formula is C12H14N2O4. The van der Waals surface area contributed by atoms with Crippen LogP contribution in [0, 0.1) is 0 Å². The van der Waals surface area contributed by atoms with Gasteiger partial charge in [-0.2, -0.15) is 0 Å². The van der Waals surface area contributed by atoms with E-state index in [9.17, 15) is 9.59 Å². The average molecular weight is 250 g/mol. The minimum absolute atomic E-state index is 0.00574. The monoisotopic (exact) mass is 250 g/mol. The highest BCUT2D eigenvalue weighted by Crippen LogP contribution is 2.13. The van der Waals surface area contributed by atoms with Crippen molar-refractivity contribution >= 4 is 11.9 Å². The molecule has 0 bridgehead atoms. The number of hydrogen-bond donors (Lipinski definition) is 2. The summed E-state index contributed by atoms with van der Waals surface area (Å²) in [4.78, 5) is 26.0. The van der Waals surface area contributed by atoms with Crippen LogP contribution in [0.25, 0.3) is 0 Å². The van der Waals surface area contributed by atoms with Crippen LogP contribution in [0.2, 0.25) is 0 Å². The topological polar surface area (TPSA) is 88.5 Å². The molecule has 0 aliphatic carbocycles. The lowest BCUT2D eigenvalue weighted by Gasteiger charge is -2.13. The number of rotatable bonds is 6. The molecule has 0 saturated carbocycles. The third-order valence-corrected chi connectivity index (χ3v) is 2.06. The molecule has 1 amide bonds. The molecule has 6 nitrogen and oxygen atoms in total. The van der Waals surface area contributed by atoms with Gasteiger partial charge in [0.1, 0.15) is 5.75 Å². The predicted octanol–water partition coefficient (Wildman–Crippen LogP) is 0.849. The summed E-state index contributed by atoms with van der Waals surface area (Å²) in [5, 5.41) is 11.4. The van der Waals surface area contributed by atoms with Crippen molar-refractivity contribution in [3.05, 3.63) is 36.7 Å². The average Bonchev–Trinajstić information content (AvgIpc) is 2.36. The SMILES string of the molecule is C=CCNC(=O)C(C)Oc1cncc(C(=O)O)c1. The highest BCUT2D eigenvalue weighted by Gasteiger charge is 2.14. The molecule has 1 unspecified atom stereocenters. The third-order valence-electron chi connectivity index (χ3n) is 2.06. The lowest BCUT2D eigenvalue weighted by atomic mass is 10.3. The standard InChI is InChI=1S/C12H14N2O4/c1-3-4-14-11(15)8(2)18-10-5-9(12(16)17)6-13-7-10/h3,5-8H,1,4H2,2H3,(H,14,15)(H,16,17). The molecule has 1 heterocycles. The molecule has 2 N–H and O–H groups in total. The fraction of sp³-hybridized carbons (Fsp3) is 0.250. The lowest BCUT2D eigenvalue weighted by molar-refractivity contribution is -0.127. The summed E-state index contributed by atoms with van der Waals surface area (Å²) in [6.45, 7) is 5.38. The molecule has 0 saturated heterocycles. The highest BCUT2D eigenvalue weighted by atomic mass is 16.5. The van der Waals surface area contributed by atoms with Crippen molar-refractivity contribution in [2.24, 2.45) is 0 Å². The first kappa shape index (κ1) is 13.7. The van der Waals surface area contributed by atoms with Crippen LogP contribution in [0.1, 0.15) is 17.3 Å². The molecule has 1 aromatic rings. The van der Waals surface area contributed by atoms with Gasteiger partial charge in [0.2, 0.25) is 0 Å². The Kier molecular flexibility index (Phi) is 4.86. The van der Waals surface area contributed by atoms with Gasteiger partial charge in [0.15, 0.2) is 6.10 Å². The van der Waals surface area contributed by atoms with Crippen molar-refractivity contribution in [2.75, 3.05) is 6.54 Å². The Morgan fingerprint density at radius 3 is 2.94 bits per heavy atom. The zero-order valence-corrected chi connectivity index (χ0v) is 9.92. The van der Waals surface area contributed by atoms with Crippen molar-refractivity contribution in [1.29, 1.82) is 0 Å². The highest BCUT2D eigenvalue weighted by molar-refractivity contribution is 5.87. The van der Waals surface area contributed by atoms with Crippen LogP contribution in [0.5, 0.6) is 5.75 Å². The van der Waals surface area contributed by atoms with E-state index >= 15 is 0 Å². The Bertz CT molecular complexity index is 459. The fourth-order valence-electron chi connectivity index (χ4n) is 1.17. The predicted molar refractivity (Wildman–Crippen MR) is 64.5 cm³/mol. The second-order valence-corrected chi connectivity index (χ2v) is 3.51. The number of carbonyl (C=O) groups excluding carboxylic acids is 1. The molecule has 1 atom stereocenters. The molecule has 0 fully saturated rings. The first-order chi connectivity index (χ1) is 8.54. The Hall–Kier alpha value is -2.37. The molecule has 0 aliphatic rings. The maximum Gasteiger partial charge on any atom is 0.337 e. The summed E-state index contributed by atoms with van der Waals surface area (Å²) in [7, 11) is 0. The van der Waals surface area contributed by atoms with Crippen LogP contribution in [-0.4, -0.2) is 34.6 Å². The first-order valence-electron chi connectivity index (χ1n) is 5.28. The van der Waals surface area contributed by atoms with E-state index in [0.29, 0.717) is 6.54 Å². The van der Waals surface area contributed by atoms with Crippen molar-refractivity contribution in [1.82, 2.24) is 10.3 Å². The number of aromatic carboxylic acids is 1. The minimum Gasteiger partial charge on any atom is -0.479 e. The number of nitrogens with one attached hydrogen (secondary N) is 1. The van der Waals surface area contributed by atoms with Crippen molar-refractivity contribution in [2.45, 2.75) is 13.0 Å². The van der Waals surface area contributed by atoms with E-state index < -0.39 is 12.1 Å². The van der Waals surface area contributed by atoms with Gasteiger partial charge in [-0.1, -0.05) is 6.08 Å². The van der Waals surface area contributed by atoms with Crippen molar-refractivity contribution in [3.8, 4) is 5.75 Å². The molecule has 0 radical (unpaired) electrons. The fourth-order valence-corrected chi connectivity index (χ4v) is 1.17. The van der Waals surface area contributed by atoms with Crippen LogP contribution in [0.4, 0.5) is 0 Å². The van der Waals surface area contributed by atoms with Gasteiger partial charge in [-0.15, -0.1) is 6.58 Å². The molecule has 0 spiro atoms. The number of pyridine rings is 1. The van der Waals surface area contributed by atoms with Gasteiger partial charge in [0.05, 0.1) is 11.8 Å². The summed E-state index contributed by atoms with van der Waals surface area (Å²) in [6.07, 6.45) is 3.37. The quantitative estimate of drug-likeness (QED) is 0.731. The van der Waals surface area contributed by atoms with Crippen molar-refractivity contribution in [3.63, 3.8) is 0 Å². The number of nitrogens with zero attached hydrogens (tertiary/aromatic N) is 1. The maximum absolute atomic E-state index is 11.5. The Balaban J connectivity index is 2.66. The third kappa shape index (κ3) is 3.89. The number of carboxylic acids is 1. The van der Waals surface area contributed by atoms with Crippen molar-refractivity contribution < 1.29 is 19.4 Å². The van der Waals surface area contributed by atoms with Gasteiger partial charge < -0.3 is 15.2 Å². The Labute approximate surface area is 104 Å². The number of ether oxygens (including phenoxy) is 1. The van der Waals surface area contributed by atoms with E-state index in [1.165, 1.54) is 18.5 Å². The van der Waals surface area contributed by atoms with Gasteiger partial charge in [0.25, 0.3) is 5.91 Å². The zero-order chi connectivity index (χ0) is 13.5. The molecule has 1 rings (SSSR count). The zero-order valence-electron chi connectivity index (χ0n) is 9.92. The molecule has 6 heteroatoms. The Morgan fingerprint density at radius 1 is 1.61 bits per heavy atom. The summed E-state index contributed by atoms with van der Waals surface area (Å²) >= 11 is 0. The smallest absolute Gasteiger partial charge is 0.337 e. The summed E-state index contributed by atoms with van der Waals surface area (Å²) in [5.74, 6) is -1.18. The maximum atomic E-state index is 11.5. The van der Waals surface area contributed by atoms with Gasteiger partial charge in [0, 0.05) is 12.7 Å². The van der Waals surface area contributed by atoms with Crippen LogP contribution in [0.3, 0.4) is 0 Å². The van der Waals surface area contributed by atoms with E-state index in [1.807, 2.05) is 0 Å². The number of amides is 1. The number of aromatic nitrogens is 1. The minimum atomic E-state index is -1.10. The summed E-state index contributed by atoms with van der Waals surface area (Å²) in [5.41, 5.74) is 0.00574. The van der Waals surface area contributed by atoms with Crippen LogP contribution in [-0.2, 0) is 4.79 Å². The Morgan fingerprint density at radius 2 is 2.33 bits per heavy atom. The summed E-state index contributed by atoms with van der Waals surface area (Å²) < 4.78 is 5.29. The van der Waals surface area contributed by atoms with Gasteiger partial charge in [-0.05, 0) is 13.0 Å². The van der Waals surface area contributed by atoms with Gasteiger partial charge in [-0.25, -0.2) is 4.79 Å².